The molecular weight excluding hydrogens is 248 g/mol. The first-order valence-electron chi connectivity index (χ1n) is 6.79. The van der Waals surface area contributed by atoms with E-state index in [4.69, 9.17) is 9.84 Å². The highest BCUT2D eigenvalue weighted by Crippen LogP contribution is 2.03. The van der Waals surface area contributed by atoms with E-state index in [0.29, 0.717) is 26.1 Å². The number of carboxylic acids is 1. The maximum Gasteiger partial charge on any atom is 0.326 e. The van der Waals surface area contributed by atoms with Crippen molar-refractivity contribution in [2.75, 3.05) is 13.2 Å². The van der Waals surface area contributed by atoms with Gasteiger partial charge in [0.15, 0.2) is 0 Å². The third-order valence-electron chi connectivity index (χ3n) is 2.80. The minimum absolute atomic E-state index is 0.129. The molecule has 2 atom stereocenters. The minimum atomic E-state index is -1.01. The van der Waals surface area contributed by atoms with Gasteiger partial charge in [-0.1, -0.05) is 27.2 Å². The van der Waals surface area contributed by atoms with Crippen molar-refractivity contribution in [2.24, 2.45) is 5.92 Å². The quantitative estimate of drug-likeness (QED) is 0.596. The predicted octanol–water partition coefficient (Wildman–Crippen LogP) is 1.60. The lowest BCUT2D eigenvalue weighted by Crippen LogP contribution is -2.51. The summed E-state index contributed by atoms with van der Waals surface area (Å²) >= 11 is 0. The monoisotopic (exact) mass is 274 g/mol. The van der Waals surface area contributed by atoms with Gasteiger partial charge in [-0.2, -0.15) is 0 Å². The predicted molar refractivity (Wildman–Crippen MR) is 73.1 cm³/mol. The van der Waals surface area contributed by atoms with Gasteiger partial charge in [-0.3, -0.25) is 0 Å². The summed E-state index contributed by atoms with van der Waals surface area (Å²) in [5.41, 5.74) is 0. The van der Waals surface area contributed by atoms with Gasteiger partial charge in [0.2, 0.25) is 0 Å². The Kier molecular flexibility index (Phi) is 8.95. The number of hydrogen-bond acceptors (Lipinski definition) is 3. The molecule has 0 aromatic rings. The molecule has 112 valence electrons. The van der Waals surface area contributed by atoms with Crippen molar-refractivity contribution in [3.05, 3.63) is 0 Å². The number of amides is 2. The summed E-state index contributed by atoms with van der Waals surface area (Å²) in [7, 11) is 0. The van der Waals surface area contributed by atoms with Crippen molar-refractivity contribution in [3.63, 3.8) is 0 Å². The molecule has 0 rings (SSSR count). The van der Waals surface area contributed by atoms with Crippen molar-refractivity contribution in [2.45, 2.75) is 52.6 Å². The molecule has 6 heteroatoms. The molecule has 0 aliphatic heterocycles. The van der Waals surface area contributed by atoms with E-state index >= 15 is 0 Å². The van der Waals surface area contributed by atoms with Gasteiger partial charge in [0.25, 0.3) is 0 Å². The summed E-state index contributed by atoms with van der Waals surface area (Å²) in [5, 5.41) is 14.2. The lowest BCUT2D eigenvalue weighted by atomic mass is 10.1. The van der Waals surface area contributed by atoms with Gasteiger partial charge < -0.3 is 20.5 Å². The maximum absolute atomic E-state index is 11.8. The number of aliphatic carboxylic acids is 1. The smallest absolute Gasteiger partial charge is 0.326 e. The van der Waals surface area contributed by atoms with Gasteiger partial charge in [0.05, 0.1) is 12.6 Å². The molecule has 0 saturated heterocycles. The molecule has 0 fully saturated rings. The Morgan fingerprint density at radius 2 is 1.84 bits per heavy atom. The second-order valence-electron chi connectivity index (χ2n) is 4.81. The van der Waals surface area contributed by atoms with Crippen LogP contribution in [0.4, 0.5) is 4.79 Å². The first-order valence-corrected chi connectivity index (χ1v) is 6.79. The van der Waals surface area contributed by atoms with E-state index in [1.807, 2.05) is 27.7 Å². The van der Waals surface area contributed by atoms with Crippen LogP contribution in [0.3, 0.4) is 0 Å². The fourth-order valence-electron chi connectivity index (χ4n) is 1.56. The van der Waals surface area contributed by atoms with E-state index in [9.17, 15) is 9.59 Å². The molecule has 0 aromatic heterocycles. The fraction of sp³-hybridized carbons (Fsp3) is 0.846. The van der Waals surface area contributed by atoms with Crippen molar-refractivity contribution < 1.29 is 19.4 Å². The number of carboxylic acid groups (broad SMARTS) is 1. The zero-order chi connectivity index (χ0) is 14.8. The van der Waals surface area contributed by atoms with Crippen LogP contribution < -0.4 is 10.6 Å². The summed E-state index contributed by atoms with van der Waals surface area (Å²) < 4.78 is 5.30. The molecule has 2 amide bonds. The third-order valence-corrected chi connectivity index (χ3v) is 2.80. The molecule has 0 spiro atoms. The Hall–Kier alpha value is -1.30. The third kappa shape index (κ3) is 7.66. The number of carbonyl (C=O) groups is 2. The van der Waals surface area contributed by atoms with Gasteiger partial charge in [-0.15, -0.1) is 0 Å². The van der Waals surface area contributed by atoms with E-state index in [-0.39, 0.29) is 12.0 Å². The molecule has 1 unspecified atom stereocenters. The molecule has 0 radical (unpaired) electrons. The first kappa shape index (κ1) is 17.7. The molecule has 0 heterocycles. The fourth-order valence-corrected chi connectivity index (χ4v) is 1.56. The van der Waals surface area contributed by atoms with Crippen LogP contribution in [0.2, 0.25) is 0 Å². The number of urea groups is 1. The van der Waals surface area contributed by atoms with E-state index in [0.717, 1.165) is 0 Å². The highest BCUT2D eigenvalue weighted by Gasteiger charge is 2.21. The van der Waals surface area contributed by atoms with E-state index in [1.165, 1.54) is 0 Å². The largest absolute Gasteiger partial charge is 0.480 e. The zero-order valence-corrected chi connectivity index (χ0v) is 12.2. The molecule has 0 saturated carbocycles. The molecule has 0 aliphatic carbocycles. The Morgan fingerprint density at radius 1 is 1.21 bits per heavy atom. The molecule has 3 N–H and O–H groups in total. The Labute approximate surface area is 114 Å². The van der Waals surface area contributed by atoms with Crippen LogP contribution in [0.1, 0.15) is 40.5 Å². The van der Waals surface area contributed by atoms with Gasteiger partial charge in [-0.05, 0) is 19.3 Å². The molecule has 19 heavy (non-hydrogen) atoms. The lowest BCUT2D eigenvalue weighted by molar-refractivity contribution is -0.139. The Balaban J connectivity index is 4.34. The van der Waals surface area contributed by atoms with Crippen molar-refractivity contribution >= 4 is 12.0 Å². The van der Waals surface area contributed by atoms with Gasteiger partial charge in [-0.25, -0.2) is 9.59 Å². The maximum atomic E-state index is 11.8. The summed E-state index contributed by atoms with van der Waals surface area (Å²) in [4.78, 5) is 22.7. The minimum Gasteiger partial charge on any atom is -0.480 e. The molecule has 0 aromatic carbocycles. The Morgan fingerprint density at radius 3 is 2.26 bits per heavy atom. The Bertz CT molecular complexity index is 282. The van der Waals surface area contributed by atoms with Gasteiger partial charge in [0.1, 0.15) is 6.04 Å². The van der Waals surface area contributed by atoms with Crippen molar-refractivity contribution in [3.8, 4) is 0 Å². The van der Waals surface area contributed by atoms with E-state index < -0.39 is 18.0 Å². The molecule has 0 aliphatic rings. The van der Waals surface area contributed by atoms with Crippen LogP contribution in [-0.2, 0) is 9.53 Å². The first-order chi connectivity index (χ1) is 8.92. The summed E-state index contributed by atoms with van der Waals surface area (Å²) in [6, 6.07) is -1.43. The number of ether oxygens (including phenoxy) is 1. The second-order valence-corrected chi connectivity index (χ2v) is 4.81. The van der Waals surface area contributed by atoms with Crippen LogP contribution in [-0.4, -0.2) is 42.4 Å². The number of carbonyl (C=O) groups excluding carboxylic acids is 1. The second kappa shape index (κ2) is 9.61. The van der Waals surface area contributed by atoms with Crippen molar-refractivity contribution in [1.29, 1.82) is 0 Å². The molecule has 6 nitrogen and oxygen atoms in total. The zero-order valence-electron chi connectivity index (χ0n) is 12.2. The highest BCUT2D eigenvalue weighted by atomic mass is 16.5. The topological polar surface area (TPSA) is 87.7 Å². The SMILES string of the molecule is CCC[C@@H](NC(=O)NC(COCC)C(C)C)C(=O)O. The van der Waals surface area contributed by atoms with Crippen LogP contribution in [0.5, 0.6) is 0 Å². The van der Waals surface area contributed by atoms with Crippen molar-refractivity contribution in [1.82, 2.24) is 10.6 Å². The number of rotatable bonds is 9. The van der Waals surface area contributed by atoms with Gasteiger partial charge >= 0.3 is 12.0 Å². The lowest BCUT2D eigenvalue weighted by Gasteiger charge is -2.23. The highest BCUT2D eigenvalue weighted by molar-refractivity contribution is 5.82. The summed E-state index contributed by atoms with van der Waals surface area (Å²) in [5.74, 6) is -0.797. The van der Waals surface area contributed by atoms with Crippen LogP contribution in [0, 0.1) is 5.92 Å². The number of nitrogens with one attached hydrogen (secondary N) is 2. The van der Waals surface area contributed by atoms with Gasteiger partial charge in [0, 0.05) is 6.61 Å². The van der Waals surface area contributed by atoms with Crippen LogP contribution in [0.25, 0.3) is 0 Å². The van der Waals surface area contributed by atoms with E-state index in [2.05, 4.69) is 10.6 Å². The summed E-state index contributed by atoms with van der Waals surface area (Å²) in [6.45, 7) is 8.73. The average Bonchev–Trinajstić information content (AvgIpc) is 2.33. The standard InChI is InChI=1S/C13H26N2O4/c1-5-7-10(12(16)17)14-13(18)15-11(9(3)4)8-19-6-2/h9-11H,5-8H2,1-4H3,(H,16,17)(H2,14,15,18)/t10-,11?/m1/s1. The molecule has 0 bridgehead atoms. The van der Waals surface area contributed by atoms with E-state index in [1.54, 1.807) is 0 Å². The normalized spacial score (nSPS) is 13.9. The molecular formula is C13H26N2O4. The number of hydrogen-bond donors (Lipinski definition) is 3. The summed E-state index contributed by atoms with van der Waals surface area (Å²) in [6.07, 6.45) is 1.12. The van der Waals surface area contributed by atoms with Crippen LogP contribution >= 0.6 is 0 Å². The van der Waals surface area contributed by atoms with Crippen LogP contribution in [0.15, 0.2) is 0 Å². The average molecular weight is 274 g/mol.